The van der Waals surface area contributed by atoms with Gasteiger partial charge in [0.2, 0.25) is 11.8 Å². The molecule has 0 heterocycles. The first-order valence-corrected chi connectivity index (χ1v) is 15.1. The molecular formula is C30H35Cl2N3O5S. The zero-order valence-corrected chi connectivity index (χ0v) is 26.3. The molecule has 0 aliphatic rings. The fourth-order valence-electron chi connectivity index (χ4n) is 4.07. The fraction of sp³-hybridized carbons (Fsp3) is 0.333. The van der Waals surface area contributed by atoms with Crippen molar-refractivity contribution in [3.05, 3.63) is 87.9 Å². The third kappa shape index (κ3) is 8.38. The van der Waals surface area contributed by atoms with Crippen LogP contribution in [0.4, 0.5) is 5.69 Å². The van der Waals surface area contributed by atoms with Gasteiger partial charge in [-0.15, -0.1) is 0 Å². The molecule has 2 amide bonds. The molecule has 0 aliphatic heterocycles. The molecule has 0 saturated carbocycles. The molecule has 0 aliphatic carbocycles. The van der Waals surface area contributed by atoms with E-state index in [1.54, 1.807) is 43.3 Å². The van der Waals surface area contributed by atoms with E-state index in [1.807, 2.05) is 27.7 Å². The molecule has 1 atom stereocenters. The van der Waals surface area contributed by atoms with Gasteiger partial charge in [0.05, 0.1) is 22.7 Å². The highest BCUT2D eigenvalue weighted by Gasteiger charge is 2.33. The lowest BCUT2D eigenvalue weighted by Crippen LogP contribution is -2.54. The van der Waals surface area contributed by atoms with E-state index in [4.69, 9.17) is 27.9 Å². The standard InChI is InChI=1S/C30H35Cl2N3O5S/c1-20-10-13-25(14-11-20)41(38,39)35(24-12-15-27(40-6)26(32)17-24)19-28(36)34(18-22-8-7-9-23(31)16-22)21(2)29(37)33-30(3,4)5/h7-17,21H,18-19H2,1-6H3,(H,33,37)/t21-/m1/s1. The normalized spacial score (nSPS) is 12.4. The zero-order chi connectivity index (χ0) is 30.5. The molecule has 0 saturated heterocycles. The van der Waals surface area contributed by atoms with Crippen LogP contribution >= 0.6 is 23.2 Å². The predicted molar refractivity (Wildman–Crippen MR) is 163 cm³/mol. The number of aryl methyl sites for hydroxylation is 1. The summed E-state index contributed by atoms with van der Waals surface area (Å²) >= 11 is 12.5. The molecule has 11 heteroatoms. The summed E-state index contributed by atoms with van der Waals surface area (Å²) in [5, 5.41) is 3.54. The fourth-order valence-corrected chi connectivity index (χ4v) is 5.94. The second-order valence-electron chi connectivity index (χ2n) is 10.7. The molecular weight excluding hydrogens is 585 g/mol. The number of amides is 2. The van der Waals surface area contributed by atoms with Gasteiger partial charge in [-0.3, -0.25) is 13.9 Å². The minimum absolute atomic E-state index is 0.00255. The van der Waals surface area contributed by atoms with Gasteiger partial charge in [-0.05, 0) is 82.6 Å². The maximum atomic E-state index is 14.0. The van der Waals surface area contributed by atoms with Gasteiger partial charge in [0.1, 0.15) is 18.3 Å². The van der Waals surface area contributed by atoms with Crippen LogP contribution in [-0.4, -0.2) is 50.4 Å². The number of benzene rings is 3. The first-order valence-electron chi connectivity index (χ1n) is 12.9. The molecule has 220 valence electrons. The van der Waals surface area contributed by atoms with Crippen molar-refractivity contribution >= 4 is 50.7 Å². The highest BCUT2D eigenvalue weighted by Crippen LogP contribution is 2.32. The van der Waals surface area contributed by atoms with Crippen molar-refractivity contribution in [2.24, 2.45) is 0 Å². The number of hydrogen-bond acceptors (Lipinski definition) is 5. The molecule has 0 spiro atoms. The second kappa shape index (κ2) is 13.1. The molecule has 0 aromatic heterocycles. The lowest BCUT2D eigenvalue weighted by molar-refractivity contribution is -0.140. The average molecular weight is 621 g/mol. The van der Waals surface area contributed by atoms with Crippen LogP contribution in [0, 0.1) is 6.92 Å². The topological polar surface area (TPSA) is 96.0 Å². The Morgan fingerprint density at radius 2 is 1.66 bits per heavy atom. The Morgan fingerprint density at radius 3 is 2.22 bits per heavy atom. The van der Waals surface area contributed by atoms with Crippen LogP contribution < -0.4 is 14.4 Å². The molecule has 1 N–H and O–H groups in total. The predicted octanol–water partition coefficient (Wildman–Crippen LogP) is 5.84. The zero-order valence-electron chi connectivity index (χ0n) is 23.9. The summed E-state index contributed by atoms with van der Waals surface area (Å²) in [5.74, 6) is -0.623. The van der Waals surface area contributed by atoms with E-state index in [-0.39, 0.29) is 28.1 Å². The second-order valence-corrected chi connectivity index (χ2v) is 13.4. The third-order valence-electron chi connectivity index (χ3n) is 6.22. The van der Waals surface area contributed by atoms with Crippen molar-refractivity contribution in [3.8, 4) is 5.75 Å². The Kier molecular flexibility index (Phi) is 10.3. The van der Waals surface area contributed by atoms with Gasteiger partial charge in [0.25, 0.3) is 10.0 Å². The van der Waals surface area contributed by atoms with E-state index in [2.05, 4.69) is 5.32 Å². The number of carbonyl (C=O) groups excluding carboxylic acids is 2. The molecule has 3 rings (SSSR count). The molecule has 0 bridgehead atoms. The summed E-state index contributed by atoms with van der Waals surface area (Å²) < 4.78 is 34.1. The van der Waals surface area contributed by atoms with Crippen LogP contribution in [0.1, 0.15) is 38.8 Å². The maximum absolute atomic E-state index is 14.0. The molecule has 0 radical (unpaired) electrons. The number of nitrogens with zero attached hydrogens (tertiary/aromatic N) is 2. The third-order valence-corrected chi connectivity index (χ3v) is 8.54. The number of sulfonamides is 1. The van der Waals surface area contributed by atoms with Crippen LogP contribution in [0.15, 0.2) is 71.6 Å². The molecule has 41 heavy (non-hydrogen) atoms. The summed E-state index contributed by atoms with van der Waals surface area (Å²) in [4.78, 5) is 28.6. The van der Waals surface area contributed by atoms with Gasteiger partial charge in [-0.1, -0.05) is 53.0 Å². The highest BCUT2D eigenvalue weighted by molar-refractivity contribution is 7.92. The van der Waals surface area contributed by atoms with Crippen LogP contribution in [0.25, 0.3) is 0 Å². The van der Waals surface area contributed by atoms with Crippen molar-refractivity contribution in [2.45, 2.75) is 57.6 Å². The van der Waals surface area contributed by atoms with Crippen molar-refractivity contribution < 1.29 is 22.7 Å². The smallest absolute Gasteiger partial charge is 0.264 e. The van der Waals surface area contributed by atoms with Crippen molar-refractivity contribution in [1.29, 1.82) is 0 Å². The van der Waals surface area contributed by atoms with Crippen LogP contribution in [0.3, 0.4) is 0 Å². The molecule has 0 fully saturated rings. The minimum Gasteiger partial charge on any atom is -0.495 e. The summed E-state index contributed by atoms with van der Waals surface area (Å²) in [7, 11) is -2.78. The Hall–Kier alpha value is -3.27. The van der Waals surface area contributed by atoms with Crippen LogP contribution in [-0.2, 0) is 26.2 Å². The van der Waals surface area contributed by atoms with Crippen molar-refractivity contribution in [2.75, 3.05) is 18.0 Å². The van der Waals surface area contributed by atoms with Crippen molar-refractivity contribution in [3.63, 3.8) is 0 Å². The molecule has 3 aromatic carbocycles. The summed E-state index contributed by atoms with van der Waals surface area (Å²) in [6, 6.07) is 16.8. The Morgan fingerprint density at radius 1 is 1.00 bits per heavy atom. The average Bonchev–Trinajstić information content (AvgIpc) is 2.89. The first kappa shape index (κ1) is 32.2. The number of hydrogen-bond donors (Lipinski definition) is 1. The maximum Gasteiger partial charge on any atom is 0.264 e. The van der Waals surface area contributed by atoms with Gasteiger partial charge < -0.3 is 15.0 Å². The van der Waals surface area contributed by atoms with Gasteiger partial charge >= 0.3 is 0 Å². The Balaban J connectivity index is 2.08. The lowest BCUT2D eigenvalue weighted by atomic mass is 10.1. The monoisotopic (exact) mass is 619 g/mol. The first-order chi connectivity index (χ1) is 19.1. The van der Waals surface area contributed by atoms with E-state index < -0.39 is 34.1 Å². The van der Waals surface area contributed by atoms with E-state index in [9.17, 15) is 18.0 Å². The van der Waals surface area contributed by atoms with E-state index in [0.29, 0.717) is 16.3 Å². The van der Waals surface area contributed by atoms with Gasteiger partial charge in [0.15, 0.2) is 0 Å². The van der Waals surface area contributed by atoms with Gasteiger partial charge in [-0.2, -0.15) is 0 Å². The highest BCUT2D eigenvalue weighted by atomic mass is 35.5. The largest absolute Gasteiger partial charge is 0.495 e. The number of carbonyl (C=O) groups is 2. The SMILES string of the molecule is COc1ccc(N(CC(=O)N(Cc2cccc(Cl)c2)[C@H](C)C(=O)NC(C)(C)C)S(=O)(=O)c2ccc(C)cc2)cc1Cl. The van der Waals surface area contributed by atoms with Crippen molar-refractivity contribution in [1.82, 2.24) is 10.2 Å². The summed E-state index contributed by atoms with van der Waals surface area (Å²) in [6.45, 7) is 8.40. The number of ether oxygens (including phenoxy) is 1. The summed E-state index contributed by atoms with van der Waals surface area (Å²) in [5.41, 5.74) is 1.18. The number of methoxy groups -OCH3 is 1. The summed E-state index contributed by atoms with van der Waals surface area (Å²) in [6.07, 6.45) is 0. The molecule has 0 unspecified atom stereocenters. The lowest BCUT2D eigenvalue weighted by Gasteiger charge is -2.33. The van der Waals surface area contributed by atoms with E-state index in [1.165, 1.54) is 42.3 Å². The quantitative estimate of drug-likeness (QED) is 0.308. The number of halogens is 2. The number of anilines is 1. The Labute approximate surface area is 252 Å². The van der Waals surface area contributed by atoms with Crippen LogP contribution in [0.2, 0.25) is 10.0 Å². The van der Waals surface area contributed by atoms with Gasteiger partial charge in [-0.25, -0.2) is 8.42 Å². The number of rotatable bonds is 10. The van der Waals surface area contributed by atoms with Gasteiger partial charge in [0, 0.05) is 17.1 Å². The molecule has 8 nitrogen and oxygen atoms in total. The minimum atomic E-state index is -4.23. The van der Waals surface area contributed by atoms with Crippen LogP contribution in [0.5, 0.6) is 5.75 Å². The van der Waals surface area contributed by atoms with E-state index in [0.717, 1.165) is 9.87 Å². The number of nitrogens with one attached hydrogen (secondary N) is 1. The van der Waals surface area contributed by atoms with E-state index >= 15 is 0 Å². The molecule has 3 aromatic rings. The Bertz CT molecular complexity index is 1510.